The summed E-state index contributed by atoms with van der Waals surface area (Å²) in [5.41, 5.74) is 0.320. The quantitative estimate of drug-likeness (QED) is 0.517. The van der Waals surface area contributed by atoms with Crippen LogP contribution in [0.3, 0.4) is 0 Å². The van der Waals surface area contributed by atoms with Gasteiger partial charge in [0.25, 0.3) is 0 Å². The van der Waals surface area contributed by atoms with E-state index in [9.17, 15) is 0 Å². The zero-order chi connectivity index (χ0) is 10.7. The SMILES string of the molecule is OB(O)c1cnc(N2CCCCS2)nc1. The lowest BCUT2D eigenvalue weighted by molar-refractivity contribution is 0.425. The predicted octanol–water partition coefficient (Wildman–Crippen LogP) is -0.595. The van der Waals surface area contributed by atoms with Crippen molar-refractivity contribution < 1.29 is 10.0 Å². The van der Waals surface area contributed by atoms with Crippen LogP contribution in [0.5, 0.6) is 0 Å². The van der Waals surface area contributed by atoms with Gasteiger partial charge < -0.3 is 10.0 Å². The van der Waals surface area contributed by atoms with Crippen molar-refractivity contribution in [1.29, 1.82) is 0 Å². The molecule has 0 radical (unpaired) electrons. The van der Waals surface area contributed by atoms with Crippen molar-refractivity contribution in [3.63, 3.8) is 0 Å². The monoisotopic (exact) mass is 225 g/mol. The Hall–Kier alpha value is -0.785. The number of aromatic nitrogens is 2. The summed E-state index contributed by atoms with van der Waals surface area (Å²) < 4.78 is 2.04. The molecule has 2 N–H and O–H groups in total. The molecule has 1 aliphatic rings. The standard InChI is InChI=1S/C8H12BN3O2S/c13-9(14)7-5-10-8(11-6-7)12-3-1-2-4-15-12/h5-6,13-14H,1-4H2. The molecule has 7 heteroatoms. The topological polar surface area (TPSA) is 69.5 Å². The first-order chi connectivity index (χ1) is 7.27. The van der Waals surface area contributed by atoms with Gasteiger partial charge in [-0.3, -0.25) is 4.31 Å². The highest BCUT2D eigenvalue weighted by atomic mass is 32.2. The molecule has 0 amide bonds. The molecule has 0 bridgehead atoms. The fourth-order valence-electron chi connectivity index (χ4n) is 1.35. The number of hydrogen-bond acceptors (Lipinski definition) is 6. The molecule has 0 atom stereocenters. The molecule has 0 spiro atoms. The van der Waals surface area contributed by atoms with Gasteiger partial charge in [-0.1, -0.05) is 0 Å². The molecule has 1 fully saturated rings. The van der Waals surface area contributed by atoms with Gasteiger partial charge >= 0.3 is 7.12 Å². The van der Waals surface area contributed by atoms with E-state index in [0.29, 0.717) is 11.4 Å². The van der Waals surface area contributed by atoms with E-state index in [-0.39, 0.29) is 0 Å². The van der Waals surface area contributed by atoms with Gasteiger partial charge in [-0.25, -0.2) is 9.97 Å². The number of nitrogens with zero attached hydrogens (tertiary/aromatic N) is 3. The van der Waals surface area contributed by atoms with Crippen molar-refractivity contribution in [2.45, 2.75) is 12.8 Å². The molecule has 5 nitrogen and oxygen atoms in total. The Balaban J connectivity index is 2.08. The van der Waals surface area contributed by atoms with E-state index in [4.69, 9.17) is 10.0 Å². The van der Waals surface area contributed by atoms with Gasteiger partial charge in [0.05, 0.1) is 0 Å². The van der Waals surface area contributed by atoms with E-state index in [2.05, 4.69) is 9.97 Å². The van der Waals surface area contributed by atoms with Gasteiger partial charge in [0.15, 0.2) is 0 Å². The average molecular weight is 225 g/mol. The first-order valence-corrected chi connectivity index (χ1v) is 5.80. The second kappa shape index (κ2) is 4.83. The van der Waals surface area contributed by atoms with Crippen LogP contribution in [0.4, 0.5) is 5.95 Å². The van der Waals surface area contributed by atoms with Crippen molar-refractivity contribution in [2.24, 2.45) is 0 Å². The second-order valence-corrected chi connectivity index (χ2v) is 4.44. The summed E-state index contributed by atoms with van der Waals surface area (Å²) in [4.78, 5) is 8.20. The molecule has 2 rings (SSSR count). The fourth-order valence-corrected chi connectivity index (χ4v) is 2.37. The van der Waals surface area contributed by atoms with Gasteiger partial charge in [-0.2, -0.15) is 0 Å². The third kappa shape index (κ3) is 2.61. The lowest BCUT2D eigenvalue weighted by atomic mass is 9.83. The molecular weight excluding hydrogens is 213 g/mol. The van der Waals surface area contributed by atoms with Crippen LogP contribution in [0.2, 0.25) is 0 Å². The van der Waals surface area contributed by atoms with E-state index in [1.165, 1.54) is 18.8 Å². The highest BCUT2D eigenvalue weighted by molar-refractivity contribution is 8.00. The molecule has 0 aliphatic carbocycles. The highest BCUT2D eigenvalue weighted by Crippen LogP contribution is 2.23. The van der Waals surface area contributed by atoms with Crippen molar-refractivity contribution in [3.8, 4) is 0 Å². The fraction of sp³-hybridized carbons (Fsp3) is 0.500. The molecule has 0 unspecified atom stereocenters. The number of anilines is 1. The molecule has 1 saturated heterocycles. The van der Waals surface area contributed by atoms with Crippen LogP contribution in [-0.4, -0.2) is 39.4 Å². The zero-order valence-corrected chi connectivity index (χ0v) is 9.02. The van der Waals surface area contributed by atoms with Crippen LogP contribution in [0, 0.1) is 0 Å². The molecule has 80 valence electrons. The third-order valence-electron chi connectivity index (χ3n) is 2.18. The Morgan fingerprint density at radius 1 is 1.27 bits per heavy atom. The van der Waals surface area contributed by atoms with Gasteiger partial charge in [0, 0.05) is 30.2 Å². The Morgan fingerprint density at radius 2 is 2.00 bits per heavy atom. The first-order valence-electron chi connectivity index (χ1n) is 4.86. The van der Waals surface area contributed by atoms with Crippen LogP contribution in [0.1, 0.15) is 12.8 Å². The Labute approximate surface area is 92.8 Å². The van der Waals surface area contributed by atoms with Crippen molar-refractivity contribution in [2.75, 3.05) is 16.6 Å². The predicted molar refractivity (Wildman–Crippen MR) is 60.9 cm³/mol. The molecule has 0 saturated carbocycles. The first kappa shape index (κ1) is 10.7. The zero-order valence-electron chi connectivity index (χ0n) is 8.20. The van der Waals surface area contributed by atoms with Crippen LogP contribution in [0.25, 0.3) is 0 Å². The second-order valence-electron chi connectivity index (χ2n) is 3.33. The van der Waals surface area contributed by atoms with Crippen molar-refractivity contribution >= 4 is 30.5 Å². The van der Waals surface area contributed by atoms with E-state index in [0.717, 1.165) is 18.7 Å². The minimum Gasteiger partial charge on any atom is -0.423 e. The molecular formula is C8H12BN3O2S. The summed E-state index contributed by atoms with van der Waals surface area (Å²) in [6.45, 7) is 0.950. The maximum Gasteiger partial charge on any atom is 0.491 e. The molecule has 1 aromatic heterocycles. The van der Waals surface area contributed by atoms with E-state index in [1.807, 2.05) is 4.31 Å². The number of hydrogen-bond donors (Lipinski definition) is 2. The summed E-state index contributed by atoms with van der Waals surface area (Å²) in [7, 11) is -1.49. The number of rotatable bonds is 2. The van der Waals surface area contributed by atoms with E-state index >= 15 is 0 Å². The van der Waals surface area contributed by atoms with E-state index < -0.39 is 7.12 Å². The Kier molecular flexibility index (Phi) is 3.45. The third-order valence-corrected chi connectivity index (χ3v) is 3.31. The smallest absolute Gasteiger partial charge is 0.423 e. The maximum absolute atomic E-state index is 8.88. The van der Waals surface area contributed by atoms with Crippen LogP contribution in [0.15, 0.2) is 12.4 Å². The normalized spacial score (nSPS) is 16.5. The van der Waals surface area contributed by atoms with E-state index in [1.54, 1.807) is 11.9 Å². The molecule has 15 heavy (non-hydrogen) atoms. The minimum absolute atomic E-state index is 0.320. The summed E-state index contributed by atoms with van der Waals surface area (Å²) in [6, 6.07) is 0. The van der Waals surface area contributed by atoms with Crippen molar-refractivity contribution in [1.82, 2.24) is 9.97 Å². The molecule has 1 aliphatic heterocycles. The summed E-state index contributed by atoms with van der Waals surface area (Å²) in [5.74, 6) is 1.73. The summed E-state index contributed by atoms with van der Waals surface area (Å²) in [6.07, 6.45) is 5.28. The lowest BCUT2D eigenvalue weighted by Gasteiger charge is -2.24. The molecule has 2 heterocycles. The lowest BCUT2D eigenvalue weighted by Crippen LogP contribution is -2.32. The Morgan fingerprint density at radius 3 is 2.53 bits per heavy atom. The van der Waals surface area contributed by atoms with Crippen LogP contribution < -0.4 is 9.77 Å². The van der Waals surface area contributed by atoms with Gasteiger partial charge in [0.1, 0.15) is 0 Å². The molecule has 0 aromatic carbocycles. The van der Waals surface area contributed by atoms with Crippen LogP contribution >= 0.6 is 11.9 Å². The highest BCUT2D eigenvalue weighted by Gasteiger charge is 2.16. The average Bonchev–Trinajstić information content (AvgIpc) is 2.30. The maximum atomic E-state index is 8.88. The van der Waals surface area contributed by atoms with Gasteiger partial charge in [-0.15, -0.1) is 0 Å². The largest absolute Gasteiger partial charge is 0.491 e. The Bertz CT molecular complexity index is 316. The van der Waals surface area contributed by atoms with Crippen molar-refractivity contribution in [3.05, 3.63) is 12.4 Å². The van der Waals surface area contributed by atoms with Crippen LogP contribution in [-0.2, 0) is 0 Å². The van der Waals surface area contributed by atoms with Gasteiger partial charge in [0.2, 0.25) is 5.95 Å². The van der Waals surface area contributed by atoms with Gasteiger partial charge in [-0.05, 0) is 24.8 Å². The summed E-state index contributed by atoms with van der Waals surface area (Å²) in [5, 5.41) is 17.8. The minimum atomic E-state index is -1.49. The summed E-state index contributed by atoms with van der Waals surface area (Å²) >= 11 is 1.71. The molecule has 1 aromatic rings.